The molecule has 0 aliphatic heterocycles. The average molecular weight is 428 g/mol. The quantitative estimate of drug-likeness (QED) is 0.316. The smallest absolute Gasteiger partial charge is 0.166 e. The summed E-state index contributed by atoms with van der Waals surface area (Å²) in [6.07, 6.45) is 6.92. The van der Waals surface area contributed by atoms with Crippen molar-refractivity contribution < 1.29 is 9.53 Å². The van der Waals surface area contributed by atoms with Crippen LogP contribution in [0.2, 0.25) is 0 Å². The highest BCUT2D eigenvalue weighted by molar-refractivity contribution is 6.33. The van der Waals surface area contributed by atoms with E-state index in [1.165, 1.54) is 29.5 Å². The molecule has 2 aromatic rings. The third-order valence-electron chi connectivity index (χ3n) is 6.94. The van der Waals surface area contributed by atoms with Crippen LogP contribution in [-0.2, 0) is 17.6 Å². The van der Waals surface area contributed by atoms with Gasteiger partial charge in [-0.05, 0) is 86.6 Å². The molecular formula is C29H37BO2. The highest BCUT2D eigenvalue weighted by Gasteiger charge is 2.31. The van der Waals surface area contributed by atoms with Gasteiger partial charge in [0.2, 0.25) is 0 Å². The predicted octanol–water partition coefficient (Wildman–Crippen LogP) is 6.16. The third-order valence-corrected chi connectivity index (χ3v) is 6.94. The number of hydrogen-bond acceptors (Lipinski definition) is 2. The van der Waals surface area contributed by atoms with Gasteiger partial charge in [0.25, 0.3) is 0 Å². The Hall–Kier alpha value is -2.29. The molecule has 1 aliphatic rings. The van der Waals surface area contributed by atoms with Gasteiger partial charge in [-0.25, -0.2) is 0 Å². The van der Waals surface area contributed by atoms with Gasteiger partial charge in [-0.2, -0.15) is 0 Å². The molecule has 1 aliphatic carbocycles. The molecule has 1 atom stereocenters. The summed E-state index contributed by atoms with van der Waals surface area (Å²) in [5, 5.41) is 0. The summed E-state index contributed by atoms with van der Waals surface area (Å²) in [6, 6.07) is 12.2. The van der Waals surface area contributed by atoms with Crippen LogP contribution < -0.4 is 10.2 Å². The van der Waals surface area contributed by atoms with Crippen molar-refractivity contribution in [3.8, 4) is 5.75 Å². The second-order valence-corrected chi connectivity index (χ2v) is 9.25. The fraction of sp³-hybridized carbons (Fsp3) is 0.483. The summed E-state index contributed by atoms with van der Waals surface area (Å²) in [5.41, 5.74) is 7.58. The van der Waals surface area contributed by atoms with Crippen molar-refractivity contribution >= 4 is 24.7 Å². The van der Waals surface area contributed by atoms with Gasteiger partial charge >= 0.3 is 0 Å². The maximum atomic E-state index is 14.1. The number of allylic oxidation sites excluding steroid dienone is 2. The Labute approximate surface area is 195 Å². The van der Waals surface area contributed by atoms with Crippen LogP contribution in [0, 0.1) is 18.8 Å². The first kappa shape index (κ1) is 24.4. The highest BCUT2D eigenvalue weighted by Crippen LogP contribution is 2.42. The number of rotatable bonds is 11. The zero-order valence-electron chi connectivity index (χ0n) is 20.5. The Bertz CT molecular complexity index is 962. The molecule has 0 spiro atoms. The van der Waals surface area contributed by atoms with Gasteiger partial charge in [-0.1, -0.05) is 61.6 Å². The van der Waals surface area contributed by atoms with E-state index in [1.54, 1.807) is 7.11 Å². The Morgan fingerprint density at radius 3 is 2.53 bits per heavy atom. The lowest BCUT2D eigenvalue weighted by Gasteiger charge is -2.22. The summed E-state index contributed by atoms with van der Waals surface area (Å²) < 4.78 is 5.66. The summed E-state index contributed by atoms with van der Waals surface area (Å²) >= 11 is 0. The van der Waals surface area contributed by atoms with Crippen LogP contribution in [0.25, 0.3) is 5.57 Å². The van der Waals surface area contributed by atoms with E-state index in [9.17, 15) is 4.79 Å². The molecule has 3 rings (SSSR count). The lowest BCUT2D eigenvalue weighted by Crippen LogP contribution is -2.20. The maximum absolute atomic E-state index is 14.1. The van der Waals surface area contributed by atoms with E-state index in [4.69, 9.17) is 12.6 Å². The standard InChI is InChI=1S/C29H37BO2/c1-6-9-23(15-17-25-21(7-2)10-8-11-27(25)32-5)29(31)28(20(4)22-13-14-22)26-18-24(30)16-12-19(26)3/h8,10-12,16,18,22-23H,6-7,9,13-15,17H2,1-5H3/b28-20-. The molecule has 32 heavy (non-hydrogen) atoms. The summed E-state index contributed by atoms with van der Waals surface area (Å²) in [7, 11) is 7.87. The van der Waals surface area contributed by atoms with Crippen molar-refractivity contribution in [3.63, 3.8) is 0 Å². The SMILES string of the molecule is [B]c1ccc(C)c(/C(C(=O)C(CCC)CCc2c(CC)cccc2OC)=C(\C)C2CC2)c1. The molecule has 0 aromatic heterocycles. The minimum Gasteiger partial charge on any atom is -0.496 e. The molecule has 3 heteroatoms. The van der Waals surface area contributed by atoms with Gasteiger partial charge < -0.3 is 4.74 Å². The van der Waals surface area contributed by atoms with Crippen LogP contribution in [0.3, 0.4) is 0 Å². The van der Waals surface area contributed by atoms with Gasteiger partial charge in [0.1, 0.15) is 13.6 Å². The van der Waals surface area contributed by atoms with Gasteiger partial charge in [0.05, 0.1) is 7.11 Å². The van der Waals surface area contributed by atoms with Crippen molar-refractivity contribution in [3.05, 3.63) is 64.2 Å². The van der Waals surface area contributed by atoms with Crippen molar-refractivity contribution in [2.24, 2.45) is 11.8 Å². The van der Waals surface area contributed by atoms with E-state index >= 15 is 0 Å². The summed E-state index contributed by atoms with van der Waals surface area (Å²) in [5.74, 6) is 1.76. The second-order valence-electron chi connectivity index (χ2n) is 9.25. The average Bonchev–Trinajstić information content (AvgIpc) is 3.64. The van der Waals surface area contributed by atoms with Crippen LogP contribution in [0.1, 0.15) is 75.1 Å². The number of methoxy groups -OCH3 is 1. The Morgan fingerprint density at radius 1 is 1.16 bits per heavy atom. The van der Waals surface area contributed by atoms with Gasteiger partial charge in [0.15, 0.2) is 5.78 Å². The van der Waals surface area contributed by atoms with Gasteiger partial charge in [-0.15, -0.1) is 0 Å². The van der Waals surface area contributed by atoms with E-state index in [0.29, 0.717) is 11.4 Å². The number of aryl methyl sites for hydroxylation is 2. The van der Waals surface area contributed by atoms with Gasteiger partial charge in [-0.3, -0.25) is 4.79 Å². The fourth-order valence-electron chi connectivity index (χ4n) is 4.86. The van der Waals surface area contributed by atoms with E-state index in [0.717, 1.165) is 54.6 Å². The molecule has 1 fully saturated rings. The van der Waals surface area contributed by atoms with Crippen LogP contribution in [0.4, 0.5) is 0 Å². The molecule has 0 N–H and O–H groups in total. The Balaban J connectivity index is 1.95. The molecule has 2 radical (unpaired) electrons. The number of hydrogen-bond donors (Lipinski definition) is 0. The maximum Gasteiger partial charge on any atom is 0.166 e. The van der Waals surface area contributed by atoms with Crippen LogP contribution in [0.5, 0.6) is 5.75 Å². The molecule has 0 bridgehead atoms. The molecule has 0 amide bonds. The molecule has 2 aromatic carbocycles. The fourth-order valence-corrected chi connectivity index (χ4v) is 4.86. The monoisotopic (exact) mass is 428 g/mol. The molecule has 2 nitrogen and oxygen atoms in total. The second kappa shape index (κ2) is 11.0. The number of carbonyl (C=O) groups is 1. The first-order chi connectivity index (χ1) is 15.4. The number of carbonyl (C=O) groups excluding carboxylic acids is 1. The van der Waals surface area contributed by atoms with Crippen LogP contribution >= 0.6 is 0 Å². The van der Waals surface area contributed by atoms with Crippen molar-refractivity contribution in [2.75, 3.05) is 7.11 Å². The number of ether oxygens (including phenoxy) is 1. The molecule has 0 heterocycles. The van der Waals surface area contributed by atoms with Crippen LogP contribution in [0.15, 0.2) is 42.0 Å². The lowest BCUT2D eigenvalue weighted by molar-refractivity contribution is -0.117. The minimum absolute atomic E-state index is 0.000788. The Morgan fingerprint density at radius 2 is 1.91 bits per heavy atom. The predicted molar refractivity (Wildman–Crippen MR) is 136 cm³/mol. The topological polar surface area (TPSA) is 26.3 Å². The van der Waals surface area contributed by atoms with E-state index < -0.39 is 0 Å². The lowest BCUT2D eigenvalue weighted by atomic mass is 9.80. The normalized spacial score (nSPS) is 15.3. The Kier molecular flexibility index (Phi) is 8.40. The highest BCUT2D eigenvalue weighted by atomic mass is 16.5. The zero-order chi connectivity index (χ0) is 23.3. The molecule has 0 saturated heterocycles. The van der Waals surface area contributed by atoms with E-state index in [2.05, 4.69) is 39.8 Å². The summed E-state index contributed by atoms with van der Waals surface area (Å²) in [4.78, 5) is 14.1. The zero-order valence-corrected chi connectivity index (χ0v) is 20.5. The number of Topliss-reactive ketones (excluding diaryl/α,β-unsaturated/α-hetero) is 1. The van der Waals surface area contributed by atoms with Crippen molar-refractivity contribution in [2.45, 2.75) is 72.6 Å². The minimum atomic E-state index is -0.000788. The largest absolute Gasteiger partial charge is 0.496 e. The number of benzene rings is 2. The third kappa shape index (κ3) is 5.55. The molecular weight excluding hydrogens is 391 g/mol. The number of ketones is 1. The first-order valence-electron chi connectivity index (χ1n) is 12.2. The molecule has 1 unspecified atom stereocenters. The van der Waals surface area contributed by atoms with E-state index in [1.807, 2.05) is 24.3 Å². The summed E-state index contributed by atoms with van der Waals surface area (Å²) in [6.45, 7) is 8.59. The van der Waals surface area contributed by atoms with Crippen molar-refractivity contribution in [1.29, 1.82) is 0 Å². The van der Waals surface area contributed by atoms with Crippen molar-refractivity contribution in [1.82, 2.24) is 0 Å². The molecule has 168 valence electrons. The van der Waals surface area contributed by atoms with Crippen LogP contribution in [-0.4, -0.2) is 20.7 Å². The van der Waals surface area contributed by atoms with Gasteiger partial charge in [0, 0.05) is 11.5 Å². The van der Waals surface area contributed by atoms with E-state index in [-0.39, 0.29) is 11.7 Å². The first-order valence-corrected chi connectivity index (χ1v) is 12.2. The molecule has 1 saturated carbocycles.